The highest BCUT2D eigenvalue weighted by Crippen LogP contribution is 2.26. The number of carbonyl (C=O) groups excluding carboxylic acids is 1. The van der Waals surface area contributed by atoms with Gasteiger partial charge in [0, 0.05) is 17.8 Å². The van der Waals surface area contributed by atoms with Gasteiger partial charge in [-0.25, -0.2) is 0 Å². The van der Waals surface area contributed by atoms with Crippen molar-refractivity contribution in [2.75, 3.05) is 0 Å². The Morgan fingerprint density at radius 2 is 2.16 bits per heavy atom. The third-order valence-electron chi connectivity index (χ3n) is 3.33. The standard InChI is InChI=1S/C19H21N3O3/c1-13(2)22-16(8-9-20)19-14(5-4-10-21-19)12-25-18-7-3-6-17(24)15(18)11-23/h3-11,13,24H,12,20H2,1-2H3/b9-8-,22-16?. The van der Waals surface area contributed by atoms with E-state index in [2.05, 4.69) is 9.98 Å². The zero-order chi connectivity index (χ0) is 18.2. The number of allylic oxidation sites excluding steroid dienone is 1. The fourth-order valence-corrected chi connectivity index (χ4v) is 2.27. The lowest BCUT2D eigenvalue weighted by Crippen LogP contribution is -2.11. The van der Waals surface area contributed by atoms with Crippen LogP contribution in [-0.4, -0.2) is 28.1 Å². The molecule has 130 valence electrons. The van der Waals surface area contributed by atoms with Crippen LogP contribution in [0.3, 0.4) is 0 Å². The molecule has 6 nitrogen and oxygen atoms in total. The summed E-state index contributed by atoms with van der Waals surface area (Å²) in [5.74, 6) is 0.188. The number of nitrogens with zero attached hydrogens (tertiary/aromatic N) is 2. The number of rotatable bonds is 7. The van der Waals surface area contributed by atoms with Crippen molar-refractivity contribution in [1.29, 1.82) is 0 Å². The van der Waals surface area contributed by atoms with Gasteiger partial charge < -0.3 is 15.6 Å². The van der Waals surface area contributed by atoms with Gasteiger partial charge >= 0.3 is 0 Å². The van der Waals surface area contributed by atoms with Crippen LogP contribution in [-0.2, 0) is 6.61 Å². The number of phenolic OH excluding ortho intramolecular Hbond substituents is 1. The second-order valence-corrected chi connectivity index (χ2v) is 5.57. The van der Waals surface area contributed by atoms with Crippen LogP contribution in [0.1, 0.15) is 35.5 Å². The van der Waals surface area contributed by atoms with Crippen molar-refractivity contribution in [3.05, 3.63) is 65.6 Å². The predicted octanol–water partition coefficient (Wildman–Crippen LogP) is 2.85. The Kier molecular flexibility index (Phi) is 6.28. The van der Waals surface area contributed by atoms with Crippen molar-refractivity contribution in [3.8, 4) is 11.5 Å². The fourth-order valence-electron chi connectivity index (χ4n) is 2.27. The summed E-state index contributed by atoms with van der Waals surface area (Å²) in [6, 6.07) is 8.42. The van der Waals surface area contributed by atoms with E-state index in [1.165, 1.54) is 12.3 Å². The Balaban J connectivity index is 2.33. The molecular formula is C19H21N3O3. The van der Waals surface area contributed by atoms with Crippen molar-refractivity contribution in [2.24, 2.45) is 10.7 Å². The normalized spacial score (nSPS) is 11.9. The van der Waals surface area contributed by atoms with Crippen LogP contribution >= 0.6 is 0 Å². The Labute approximate surface area is 146 Å². The van der Waals surface area contributed by atoms with E-state index < -0.39 is 0 Å². The topological polar surface area (TPSA) is 97.8 Å². The van der Waals surface area contributed by atoms with Gasteiger partial charge in [-0.2, -0.15) is 0 Å². The van der Waals surface area contributed by atoms with Crippen LogP contribution < -0.4 is 10.5 Å². The molecule has 0 aliphatic rings. The largest absolute Gasteiger partial charge is 0.507 e. The number of nitrogens with two attached hydrogens (primary N) is 1. The summed E-state index contributed by atoms with van der Waals surface area (Å²) < 4.78 is 5.73. The van der Waals surface area contributed by atoms with Gasteiger partial charge in [0.25, 0.3) is 0 Å². The van der Waals surface area contributed by atoms with Crippen LogP contribution in [0, 0.1) is 0 Å². The zero-order valence-corrected chi connectivity index (χ0v) is 14.2. The van der Waals surface area contributed by atoms with Crippen LogP contribution in [0.2, 0.25) is 0 Å². The molecule has 0 radical (unpaired) electrons. The Morgan fingerprint density at radius 3 is 2.84 bits per heavy atom. The summed E-state index contributed by atoms with van der Waals surface area (Å²) in [6.45, 7) is 4.10. The number of benzene rings is 1. The van der Waals surface area contributed by atoms with Crippen molar-refractivity contribution < 1.29 is 14.6 Å². The Hall–Kier alpha value is -3.15. The van der Waals surface area contributed by atoms with Crippen molar-refractivity contribution >= 4 is 12.0 Å². The Morgan fingerprint density at radius 1 is 1.36 bits per heavy atom. The molecule has 25 heavy (non-hydrogen) atoms. The van der Waals surface area contributed by atoms with E-state index in [9.17, 15) is 9.90 Å². The number of hydrogen-bond acceptors (Lipinski definition) is 6. The minimum atomic E-state index is -0.118. The molecule has 1 aromatic carbocycles. The number of pyridine rings is 1. The maximum Gasteiger partial charge on any atom is 0.157 e. The summed E-state index contributed by atoms with van der Waals surface area (Å²) in [5.41, 5.74) is 7.75. The van der Waals surface area contributed by atoms with Crippen LogP contribution in [0.25, 0.3) is 0 Å². The third-order valence-corrected chi connectivity index (χ3v) is 3.33. The second kappa shape index (κ2) is 8.63. The molecule has 0 amide bonds. The van der Waals surface area contributed by atoms with Gasteiger partial charge in [-0.3, -0.25) is 14.8 Å². The molecule has 0 aliphatic carbocycles. The summed E-state index contributed by atoms with van der Waals surface area (Å²) in [5, 5.41) is 9.73. The third kappa shape index (κ3) is 4.67. The highest BCUT2D eigenvalue weighted by Gasteiger charge is 2.12. The molecule has 0 bridgehead atoms. The van der Waals surface area contributed by atoms with Crippen LogP contribution in [0.5, 0.6) is 11.5 Å². The van der Waals surface area contributed by atoms with Gasteiger partial charge in [0.15, 0.2) is 6.29 Å². The lowest BCUT2D eigenvalue weighted by molar-refractivity contribution is 0.111. The van der Waals surface area contributed by atoms with E-state index in [1.807, 2.05) is 19.9 Å². The molecule has 0 saturated heterocycles. The number of hydrogen-bond donors (Lipinski definition) is 2. The first-order valence-electron chi connectivity index (χ1n) is 7.87. The Bertz CT molecular complexity index is 798. The van der Waals surface area contributed by atoms with E-state index in [4.69, 9.17) is 10.5 Å². The lowest BCUT2D eigenvalue weighted by atomic mass is 10.1. The van der Waals surface area contributed by atoms with E-state index in [0.29, 0.717) is 23.4 Å². The minimum absolute atomic E-state index is 0.0784. The van der Waals surface area contributed by atoms with Gasteiger partial charge in [-0.15, -0.1) is 0 Å². The molecule has 2 aromatic rings. The van der Waals surface area contributed by atoms with Gasteiger partial charge in [0.1, 0.15) is 18.1 Å². The van der Waals surface area contributed by atoms with Crippen LogP contribution in [0.4, 0.5) is 0 Å². The van der Waals surface area contributed by atoms with Gasteiger partial charge in [-0.1, -0.05) is 12.1 Å². The van der Waals surface area contributed by atoms with Gasteiger partial charge in [0.05, 0.1) is 17.0 Å². The van der Waals surface area contributed by atoms with Gasteiger partial charge in [-0.05, 0) is 44.3 Å². The van der Waals surface area contributed by atoms with E-state index in [1.54, 1.807) is 30.5 Å². The molecule has 0 spiro atoms. The molecular weight excluding hydrogens is 318 g/mol. The molecule has 1 aromatic heterocycles. The molecule has 0 fully saturated rings. The smallest absolute Gasteiger partial charge is 0.157 e. The van der Waals surface area contributed by atoms with Crippen molar-refractivity contribution in [2.45, 2.75) is 26.5 Å². The number of aromatic hydroxyl groups is 1. The van der Waals surface area contributed by atoms with Crippen molar-refractivity contribution in [3.63, 3.8) is 0 Å². The van der Waals surface area contributed by atoms with Gasteiger partial charge in [0.2, 0.25) is 0 Å². The number of aldehydes is 1. The first-order chi connectivity index (χ1) is 12.1. The summed E-state index contributed by atoms with van der Waals surface area (Å²) >= 11 is 0. The fraction of sp³-hybridized carbons (Fsp3) is 0.211. The monoisotopic (exact) mass is 339 g/mol. The number of phenols is 1. The molecule has 1 heterocycles. The summed E-state index contributed by atoms with van der Waals surface area (Å²) in [7, 11) is 0. The molecule has 3 N–H and O–H groups in total. The highest BCUT2D eigenvalue weighted by atomic mass is 16.5. The quantitative estimate of drug-likeness (QED) is 0.597. The number of ether oxygens (including phenoxy) is 1. The second-order valence-electron chi connectivity index (χ2n) is 5.57. The average molecular weight is 339 g/mol. The molecule has 6 heteroatoms. The number of carbonyl (C=O) groups is 1. The molecule has 0 aliphatic heterocycles. The summed E-state index contributed by atoms with van der Waals surface area (Å²) in [6.07, 6.45) is 5.35. The average Bonchev–Trinajstić information content (AvgIpc) is 2.59. The number of aromatic nitrogens is 1. The highest BCUT2D eigenvalue weighted by molar-refractivity contribution is 6.08. The zero-order valence-electron chi connectivity index (χ0n) is 14.2. The first kappa shape index (κ1) is 18.2. The SMILES string of the molecule is CC(C)N=C(/C=C\N)c1ncccc1COc1cccc(O)c1C=O. The lowest BCUT2D eigenvalue weighted by Gasteiger charge is -2.13. The maximum atomic E-state index is 11.1. The van der Waals surface area contributed by atoms with Crippen LogP contribution in [0.15, 0.2) is 53.8 Å². The minimum Gasteiger partial charge on any atom is -0.507 e. The van der Waals surface area contributed by atoms with E-state index >= 15 is 0 Å². The molecule has 0 atom stereocenters. The van der Waals surface area contributed by atoms with E-state index in [-0.39, 0.29) is 24.0 Å². The first-order valence-corrected chi connectivity index (χ1v) is 7.87. The van der Waals surface area contributed by atoms with E-state index in [0.717, 1.165) is 5.56 Å². The number of aliphatic imine (C=N–C) groups is 1. The predicted molar refractivity (Wildman–Crippen MR) is 97.1 cm³/mol. The molecule has 2 rings (SSSR count). The maximum absolute atomic E-state index is 11.1. The summed E-state index contributed by atoms with van der Waals surface area (Å²) in [4.78, 5) is 20.1. The molecule has 0 unspecified atom stereocenters. The van der Waals surface area contributed by atoms with Crippen molar-refractivity contribution in [1.82, 2.24) is 4.98 Å². The molecule has 0 saturated carbocycles.